The number of oxazole rings is 1. The van der Waals surface area contributed by atoms with E-state index < -0.39 is 0 Å². The van der Waals surface area contributed by atoms with E-state index in [1.165, 1.54) is 18.5 Å². The molecule has 0 spiro atoms. The molecule has 7 heteroatoms. The van der Waals surface area contributed by atoms with Crippen molar-refractivity contribution in [3.63, 3.8) is 0 Å². The molecule has 0 unspecified atom stereocenters. The van der Waals surface area contributed by atoms with Gasteiger partial charge in [-0.05, 0) is 69.3 Å². The summed E-state index contributed by atoms with van der Waals surface area (Å²) in [5.41, 5.74) is 2.91. The van der Waals surface area contributed by atoms with Crippen LogP contribution in [0.25, 0.3) is 11.3 Å². The molecule has 1 fully saturated rings. The van der Waals surface area contributed by atoms with Crippen LogP contribution in [0.2, 0.25) is 0 Å². The maximum Gasteiger partial charge on any atom is 0.266 e. The van der Waals surface area contributed by atoms with Gasteiger partial charge in [-0.1, -0.05) is 0 Å². The predicted octanol–water partition coefficient (Wildman–Crippen LogP) is 3.08. The number of rotatable bonds is 5. The minimum atomic E-state index is -0.0411. The van der Waals surface area contributed by atoms with Gasteiger partial charge in [0.25, 0.3) is 5.56 Å². The fourth-order valence-corrected chi connectivity index (χ4v) is 4.49. The SMILES string of the molecule is O=c1ccc(-c2ccncc2)nn1CC1CCN(Cc2nc3c(o2)CCCC3)CC1. The molecule has 0 bridgehead atoms. The summed E-state index contributed by atoms with van der Waals surface area (Å²) < 4.78 is 7.61. The topological polar surface area (TPSA) is 77.1 Å². The van der Waals surface area contributed by atoms with Gasteiger partial charge in [0.2, 0.25) is 5.89 Å². The Morgan fingerprint density at radius 2 is 1.83 bits per heavy atom. The van der Waals surface area contributed by atoms with E-state index in [9.17, 15) is 4.79 Å². The first-order chi connectivity index (χ1) is 14.7. The summed E-state index contributed by atoms with van der Waals surface area (Å²) in [5.74, 6) is 2.42. The highest BCUT2D eigenvalue weighted by Crippen LogP contribution is 2.24. The number of hydrogen-bond donors (Lipinski definition) is 0. The van der Waals surface area contributed by atoms with E-state index in [2.05, 4.69) is 15.0 Å². The maximum absolute atomic E-state index is 12.3. The summed E-state index contributed by atoms with van der Waals surface area (Å²) in [4.78, 5) is 23.5. The van der Waals surface area contributed by atoms with Gasteiger partial charge in [0, 0.05) is 37.0 Å². The molecule has 0 radical (unpaired) electrons. The number of fused-ring (bicyclic) bond motifs is 1. The fraction of sp³-hybridized carbons (Fsp3) is 0.478. The van der Waals surface area contributed by atoms with Crippen LogP contribution in [0.1, 0.15) is 43.0 Å². The first-order valence-electron chi connectivity index (χ1n) is 10.9. The lowest BCUT2D eigenvalue weighted by Crippen LogP contribution is -2.36. The van der Waals surface area contributed by atoms with Crippen LogP contribution in [0.3, 0.4) is 0 Å². The summed E-state index contributed by atoms with van der Waals surface area (Å²) in [7, 11) is 0. The van der Waals surface area contributed by atoms with Crippen molar-refractivity contribution in [1.82, 2.24) is 24.6 Å². The largest absolute Gasteiger partial charge is 0.444 e. The highest BCUT2D eigenvalue weighted by Gasteiger charge is 2.23. The maximum atomic E-state index is 12.3. The fourth-order valence-electron chi connectivity index (χ4n) is 4.49. The van der Waals surface area contributed by atoms with Crippen LogP contribution in [0.15, 0.2) is 45.9 Å². The van der Waals surface area contributed by atoms with Crippen molar-refractivity contribution >= 4 is 0 Å². The molecule has 3 aromatic heterocycles. The summed E-state index contributed by atoms with van der Waals surface area (Å²) in [6.07, 6.45) is 10.1. The quantitative estimate of drug-likeness (QED) is 0.649. The van der Waals surface area contributed by atoms with E-state index >= 15 is 0 Å². The minimum absolute atomic E-state index is 0.0411. The molecule has 1 saturated heterocycles. The van der Waals surface area contributed by atoms with Crippen LogP contribution in [0.5, 0.6) is 0 Å². The van der Waals surface area contributed by atoms with Crippen molar-refractivity contribution in [2.24, 2.45) is 5.92 Å². The molecule has 0 aromatic carbocycles. The molecular formula is C23H27N5O2. The van der Waals surface area contributed by atoms with Crippen LogP contribution in [0.4, 0.5) is 0 Å². The van der Waals surface area contributed by atoms with Crippen molar-refractivity contribution in [3.05, 3.63) is 64.4 Å². The van der Waals surface area contributed by atoms with Gasteiger partial charge in [0.05, 0.1) is 17.9 Å². The summed E-state index contributed by atoms with van der Waals surface area (Å²) in [5, 5.41) is 4.60. The lowest BCUT2D eigenvalue weighted by molar-refractivity contribution is 0.151. The second-order valence-electron chi connectivity index (χ2n) is 8.38. The molecule has 0 atom stereocenters. The molecule has 0 amide bonds. The van der Waals surface area contributed by atoms with Crippen LogP contribution in [-0.4, -0.2) is 37.7 Å². The third-order valence-corrected chi connectivity index (χ3v) is 6.23. The van der Waals surface area contributed by atoms with Gasteiger partial charge >= 0.3 is 0 Å². The predicted molar refractivity (Wildman–Crippen MR) is 113 cm³/mol. The van der Waals surface area contributed by atoms with Gasteiger partial charge in [-0.2, -0.15) is 5.10 Å². The average Bonchev–Trinajstić information content (AvgIpc) is 3.19. The van der Waals surface area contributed by atoms with Gasteiger partial charge in [0.15, 0.2) is 0 Å². The number of likely N-dealkylation sites (tertiary alicyclic amines) is 1. The monoisotopic (exact) mass is 405 g/mol. The Morgan fingerprint density at radius 3 is 2.63 bits per heavy atom. The lowest BCUT2D eigenvalue weighted by Gasteiger charge is -2.31. The van der Waals surface area contributed by atoms with E-state index in [0.717, 1.165) is 68.2 Å². The molecule has 0 saturated carbocycles. The number of aromatic nitrogens is 4. The normalized spacial score (nSPS) is 17.7. The zero-order chi connectivity index (χ0) is 20.3. The molecule has 7 nitrogen and oxygen atoms in total. The molecule has 2 aliphatic rings. The second kappa shape index (κ2) is 8.52. The number of piperidine rings is 1. The summed E-state index contributed by atoms with van der Waals surface area (Å²) >= 11 is 0. The molecule has 5 rings (SSSR count). The lowest BCUT2D eigenvalue weighted by atomic mass is 9.97. The summed E-state index contributed by atoms with van der Waals surface area (Å²) in [6.45, 7) is 3.45. The van der Waals surface area contributed by atoms with E-state index in [0.29, 0.717) is 12.5 Å². The Morgan fingerprint density at radius 1 is 1.03 bits per heavy atom. The molecule has 0 N–H and O–H groups in total. The molecular weight excluding hydrogens is 378 g/mol. The Kier molecular flexibility index (Phi) is 5.45. The van der Waals surface area contributed by atoms with Gasteiger partial charge in [-0.15, -0.1) is 0 Å². The zero-order valence-electron chi connectivity index (χ0n) is 17.2. The molecule has 1 aliphatic heterocycles. The average molecular weight is 406 g/mol. The second-order valence-corrected chi connectivity index (χ2v) is 8.38. The zero-order valence-corrected chi connectivity index (χ0v) is 17.2. The molecule has 4 heterocycles. The van der Waals surface area contributed by atoms with Crippen LogP contribution >= 0.6 is 0 Å². The molecule has 30 heavy (non-hydrogen) atoms. The number of hydrogen-bond acceptors (Lipinski definition) is 6. The first-order valence-corrected chi connectivity index (χ1v) is 10.9. The Balaban J connectivity index is 1.19. The third kappa shape index (κ3) is 4.21. The van der Waals surface area contributed by atoms with Crippen LogP contribution in [-0.2, 0) is 25.9 Å². The van der Waals surface area contributed by atoms with E-state index in [1.807, 2.05) is 12.1 Å². The Labute approximate surface area is 175 Å². The van der Waals surface area contributed by atoms with E-state index in [-0.39, 0.29) is 5.56 Å². The van der Waals surface area contributed by atoms with Gasteiger partial charge in [-0.25, -0.2) is 9.67 Å². The molecule has 3 aromatic rings. The Bertz CT molecular complexity index is 1030. The third-order valence-electron chi connectivity index (χ3n) is 6.23. The number of pyridine rings is 1. The van der Waals surface area contributed by atoms with Gasteiger partial charge in [0.1, 0.15) is 5.76 Å². The summed E-state index contributed by atoms with van der Waals surface area (Å²) in [6, 6.07) is 7.22. The van der Waals surface area contributed by atoms with Gasteiger partial charge in [-0.3, -0.25) is 14.7 Å². The highest BCUT2D eigenvalue weighted by molar-refractivity contribution is 5.56. The van der Waals surface area contributed by atoms with Crippen LogP contribution < -0.4 is 5.56 Å². The first kappa shape index (κ1) is 19.2. The van der Waals surface area contributed by atoms with Crippen molar-refractivity contribution < 1.29 is 4.42 Å². The smallest absolute Gasteiger partial charge is 0.266 e. The number of aryl methyl sites for hydroxylation is 2. The Hall–Kier alpha value is -2.80. The van der Waals surface area contributed by atoms with Crippen molar-refractivity contribution in [1.29, 1.82) is 0 Å². The van der Waals surface area contributed by atoms with E-state index in [1.54, 1.807) is 29.2 Å². The van der Waals surface area contributed by atoms with E-state index in [4.69, 9.17) is 9.40 Å². The highest BCUT2D eigenvalue weighted by atomic mass is 16.4. The standard InChI is InChI=1S/C23H27N5O2/c29-23-6-5-19(18-7-11-24-12-8-18)26-28(23)15-17-9-13-27(14-10-17)16-22-25-20-3-1-2-4-21(20)30-22/h5-8,11-12,17H,1-4,9-10,13-16H2. The van der Waals surface area contributed by atoms with Crippen LogP contribution in [0, 0.1) is 5.92 Å². The molecule has 156 valence electrons. The van der Waals surface area contributed by atoms with Gasteiger partial charge < -0.3 is 4.42 Å². The number of nitrogens with zero attached hydrogens (tertiary/aromatic N) is 5. The molecule has 1 aliphatic carbocycles. The van der Waals surface area contributed by atoms with Crippen molar-refractivity contribution in [2.75, 3.05) is 13.1 Å². The minimum Gasteiger partial charge on any atom is -0.444 e. The van der Waals surface area contributed by atoms with Crippen molar-refractivity contribution in [3.8, 4) is 11.3 Å². The van der Waals surface area contributed by atoms with Crippen molar-refractivity contribution in [2.45, 2.75) is 51.6 Å².